The molecule has 0 atom stereocenters. The van der Waals surface area contributed by atoms with Gasteiger partial charge in [-0.05, 0) is 34.1 Å². The minimum Gasteiger partial charge on any atom is -0.346 e. The average Bonchev–Trinajstić information content (AvgIpc) is 2.82. The Kier molecular flexibility index (Phi) is 3.86. The van der Waals surface area contributed by atoms with Gasteiger partial charge in [0.05, 0.1) is 11.0 Å². The van der Waals surface area contributed by atoms with Crippen LogP contribution >= 0.6 is 27.3 Å². The van der Waals surface area contributed by atoms with Crippen LogP contribution in [-0.2, 0) is 6.54 Å². The molecular weight excluding hydrogens is 307 g/mol. The lowest BCUT2D eigenvalue weighted by Crippen LogP contribution is -2.22. The molecule has 0 saturated heterocycles. The van der Waals surface area contributed by atoms with Gasteiger partial charge in [0.15, 0.2) is 0 Å². The Labute approximate surface area is 110 Å². The maximum Gasteiger partial charge on any atom is 0.251 e. The fraction of sp³-hybridized carbons (Fsp3) is 0.0909. The molecule has 17 heavy (non-hydrogen) atoms. The van der Waals surface area contributed by atoms with Gasteiger partial charge in [-0.25, -0.2) is 9.37 Å². The van der Waals surface area contributed by atoms with Gasteiger partial charge in [-0.2, -0.15) is 0 Å². The van der Waals surface area contributed by atoms with Crippen molar-refractivity contribution in [3.63, 3.8) is 0 Å². The van der Waals surface area contributed by atoms with Crippen LogP contribution in [0.5, 0.6) is 0 Å². The Balaban J connectivity index is 2.02. The molecule has 1 N–H and O–H groups in total. The van der Waals surface area contributed by atoms with E-state index in [2.05, 4.69) is 26.2 Å². The van der Waals surface area contributed by atoms with Crippen molar-refractivity contribution in [3.8, 4) is 0 Å². The van der Waals surface area contributed by atoms with Gasteiger partial charge in [0.25, 0.3) is 5.91 Å². The minimum absolute atomic E-state index is 0.249. The van der Waals surface area contributed by atoms with Crippen molar-refractivity contribution < 1.29 is 9.18 Å². The zero-order valence-electron chi connectivity index (χ0n) is 8.61. The molecule has 1 heterocycles. The van der Waals surface area contributed by atoms with Crippen LogP contribution in [-0.4, -0.2) is 10.9 Å². The molecule has 0 saturated carbocycles. The van der Waals surface area contributed by atoms with Crippen molar-refractivity contribution >= 4 is 33.2 Å². The molecule has 0 aliphatic rings. The van der Waals surface area contributed by atoms with Gasteiger partial charge in [-0.1, -0.05) is 0 Å². The first-order chi connectivity index (χ1) is 8.16. The Bertz CT molecular complexity index is 530. The second-order valence-electron chi connectivity index (χ2n) is 3.24. The lowest BCUT2D eigenvalue weighted by molar-refractivity contribution is 0.0951. The Morgan fingerprint density at radius 3 is 3.00 bits per heavy atom. The molecule has 0 radical (unpaired) electrons. The molecule has 2 aromatic rings. The van der Waals surface area contributed by atoms with E-state index in [1.807, 2.05) is 5.38 Å². The fourth-order valence-corrected chi connectivity index (χ4v) is 2.17. The number of hydrogen-bond donors (Lipinski definition) is 1. The molecule has 1 aromatic heterocycles. The summed E-state index contributed by atoms with van der Waals surface area (Å²) < 4.78 is 13.3. The first-order valence-electron chi connectivity index (χ1n) is 4.78. The summed E-state index contributed by atoms with van der Waals surface area (Å²) in [6.07, 6.45) is 1.68. The Hall–Kier alpha value is -1.27. The molecule has 0 aliphatic heterocycles. The van der Waals surface area contributed by atoms with E-state index in [1.54, 1.807) is 6.20 Å². The summed E-state index contributed by atoms with van der Waals surface area (Å²) in [7, 11) is 0. The van der Waals surface area contributed by atoms with Crippen molar-refractivity contribution in [1.82, 2.24) is 10.3 Å². The highest BCUT2D eigenvalue weighted by Gasteiger charge is 2.08. The smallest absolute Gasteiger partial charge is 0.251 e. The highest BCUT2D eigenvalue weighted by atomic mass is 79.9. The van der Waals surface area contributed by atoms with E-state index < -0.39 is 0 Å². The lowest BCUT2D eigenvalue weighted by atomic mass is 10.2. The van der Waals surface area contributed by atoms with Crippen LogP contribution in [0, 0.1) is 5.82 Å². The number of carbonyl (C=O) groups is 1. The van der Waals surface area contributed by atoms with E-state index in [0.717, 1.165) is 5.01 Å². The average molecular weight is 315 g/mol. The summed E-state index contributed by atoms with van der Waals surface area (Å²) in [4.78, 5) is 15.8. The van der Waals surface area contributed by atoms with Crippen molar-refractivity contribution in [3.05, 3.63) is 50.6 Å². The third-order valence-corrected chi connectivity index (χ3v) is 3.45. The van der Waals surface area contributed by atoms with E-state index in [4.69, 9.17) is 0 Å². The number of rotatable bonds is 3. The molecule has 0 bridgehead atoms. The number of nitrogens with zero attached hydrogens (tertiary/aromatic N) is 1. The molecule has 1 amide bonds. The minimum atomic E-state index is -0.388. The summed E-state index contributed by atoms with van der Waals surface area (Å²) >= 11 is 4.51. The van der Waals surface area contributed by atoms with Crippen LogP contribution < -0.4 is 5.32 Å². The number of benzene rings is 1. The number of hydrogen-bond acceptors (Lipinski definition) is 3. The van der Waals surface area contributed by atoms with Crippen LogP contribution in [0.3, 0.4) is 0 Å². The van der Waals surface area contributed by atoms with E-state index in [1.165, 1.54) is 29.5 Å². The molecule has 0 spiro atoms. The van der Waals surface area contributed by atoms with Crippen LogP contribution in [0.4, 0.5) is 4.39 Å². The molecule has 88 valence electrons. The fourth-order valence-electron chi connectivity index (χ4n) is 1.24. The van der Waals surface area contributed by atoms with Gasteiger partial charge < -0.3 is 5.32 Å². The summed E-state index contributed by atoms with van der Waals surface area (Å²) in [6, 6.07) is 4.15. The third kappa shape index (κ3) is 3.10. The second-order valence-corrected chi connectivity index (χ2v) is 5.07. The zero-order chi connectivity index (χ0) is 12.3. The SMILES string of the molecule is O=C(NCc1nccs1)c1ccc(F)c(Br)c1. The Morgan fingerprint density at radius 2 is 2.35 bits per heavy atom. The highest BCUT2D eigenvalue weighted by molar-refractivity contribution is 9.10. The molecule has 0 unspecified atom stereocenters. The normalized spacial score (nSPS) is 10.2. The summed E-state index contributed by atoms with van der Waals surface area (Å²) in [5.74, 6) is -0.637. The van der Waals surface area contributed by atoms with Crippen molar-refractivity contribution in [2.75, 3.05) is 0 Å². The second kappa shape index (κ2) is 5.37. The van der Waals surface area contributed by atoms with Crippen molar-refractivity contribution in [2.45, 2.75) is 6.54 Å². The number of amides is 1. The van der Waals surface area contributed by atoms with Gasteiger partial charge in [-0.15, -0.1) is 11.3 Å². The first-order valence-corrected chi connectivity index (χ1v) is 6.45. The van der Waals surface area contributed by atoms with Crippen molar-refractivity contribution in [2.24, 2.45) is 0 Å². The predicted octanol–water partition coefficient (Wildman–Crippen LogP) is 2.97. The van der Waals surface area contributed by atoms with E-state index in [-0.39, 0.29) is 16.2 Å². The molecule has 0 fully saturated rings. The number of carbonyl (C=O) groups excluding carboxylic acids is 1. The third-order valence-electron chi connectivity index (χ3n) is 2.07. The van der Waals surface area contributed by atoms with Gasteiger partial charge in [0.1, 0.15) is 10.8 Å². The van der Waals surface area contributed by atoms with Gasteiger partial charge in [-0.3, -0.25) is 4.79 Å². The number of halogens is 2. The molecular formula is C11H8BrFN2OS. The van der Waals surface area contributed by atoms with Crippen molar-refractivity contribution in [1.29, 1.82) is 0 Å². The summed E-state index contributed by atoms with van der Waals surface area (Å²) in [5, 5.41) is 5.39. The number of aromatic nitrogens is 1. The van der Waals surface area contributed by atoms with Gasteiger partial charge in [0.2, 0.25) is 0 Å². The number of thiazole rings is 1. The highest BCUT2D eigenvalue weighted by Crippen LogP contribution is 2.16. The van der Waals surface area contributed by atoms with Crippen LogP contribution in [0.25, 0.3) is 0 Å². The molecule has 3 nitrogen and oxygen atoms in total. The standard InChI is InChI=1S/C11H8BrFN2OS/c12-8-5-7(1-2-9(8)13)11(16)15-6-10-14-3-4-17-10/h1-5H,6H2,(H,15,16). The number of nitrogens with one attached hydrogen (secondary N) is 1. The summed E-state index contributed by atoms with van der Waals surface area (Å²) in [5.41, 5.74) is 0.412. The monoisotopic (exact) mass is 314 g/mol. The van der Waals surface area contributed by atoms with E-state index >= 15 is 0 Å². The van der Waals surface area contributed by atoms with E-state index in [9.17, 15) is 9.18 Å². The summed E-state index contributed by atoms with van der Waals surface area (Å²) in [6.45, 7) is 0.380. The van der Waals surface area contributed by atoms with Crippen LogP contribution in [0.15, 0.2) is 34.2 Å². The van der Waals surface area contributed by atoms with E-state index in [0.29, 0.717) is 12.1 Å². The quantitative estimate of drug-likeness (QED) is 0.946. The molecule has 0 aliphatic carbocycles. The van der Waals surface area contributed by atoms with Crippen LogP contribution in [0.2, 0.25) is 0 Å². The molecule has 1 aromatic carbocycles. The van der Waals surface area contributed by atoms with Crippen LogP contribution in [0.1, 0.15) is 15.4 Å². The topological polar surface area (TPSA) is 42.0 Å². The largest absolute Gasteiger partial charge is 0.346 e. The van der Waals surface area contributed by atoms with Gasteiger partial charge in [0, 0.05) is 17.1 Å². The predicted molar refractivity (Wildman–Crippen MR) is 67.4 cm³/mol. The maximum atomic E-state index is 13.0. The maximum absolute atomic E-state index is 13.0. The Morgan fingerprint density at radius 1 is 1.53 bits per heavy atom. The molecule has 2 rings (SSSR count). The molecule has 6 heteroatoms. The van der Waals surface area contributed by atoms with Gasteiger partial charge >= 0.3 is 0 Å². The zero-order valence-corrected chi connectivity index (χ0v) is 11.0. The first kappa shape index (κ1) is 12.2. The lowest BCUT2D eigenvalue weighted by Gasteiger charge is -2.04.